The van der Waals surface area contributed by atoms with Crippen LogP contribution in [-0.2, 0) is 7.05 Å². The summed E-state index contributed by atoms with van der Waals surface area (Å²) in [5, 5.41) is 7.78. The van der Waals surface area contributed by atoms with Crippen LogP contribution in [0.4, 0.5) is 5.69 Å². The third-order valence-corrected chi connectivity index (χ3v) is 4.13. The molecule has 0 saturated heterocycles. The highest BCUT2D eigenvalue weighted by Crippen LogP contribution is 2.19. The van der Waals surface area contributed by atoms with Crippen molar-refractivity contribution in [1.29, 1.82) is 5.41 Å². The fraction of sp³-hybridized carbons (Fsp3) is 0.167. The predicted octanol–water partition coefficient (Wildman–Crippen LogP) is -1.74. The van der Waals surface area contributed by atoms with Crippen LogP contribution in [-0.4, -0.2) is 25.4 Å². The van der Waals surface area contributed by atoms with Crippen LogP contribution >= 0.6 is 0 Å². The molecule has 0 unspecified atom stereocenters. The second-order valence-corrected chi connectivity index (χ2v) is 6.94. The smallest absolute Gasteiger partial charge is 0.297 e. The van der Waals surface area contributed by atoms with E-state index in [0.29, 0.717) is 22.8 Å². The number of aromatic nitrogens is 2. The number of nitrogens with zero attached hydrogens (tertiary/aromatic N) is 3. The van der Waals surface area contributed by atoms with Crippen LogP contribution in [0.25, 0.3) is 5.69 Å². The first-order chi connectivity index (χ1) is 13.4. The van der Waals surface area contributed by atoms with E-state index in [9.17, 15) is 4.79 Å². The summed E-state index contributed by atoms with van der Waals surface area (Å²) >= 11 is 0. The van der Waals surface area contributed by atoms with Gasteiger partial charge in [0.2, 0.25) is 0 Å². The zero-order chi connectivity index (χ0) is 21.9. The number of nitrogens with two attached hydrogens (primary N) is 1. The Kier molecular flexibility index (Phi) is 6.57. The summed E-state index contributed by atoms with van der Waals surface area (Å²) < 4.78 is 36.1. The maximum atomic E-state index is 12.8. The summed E-state index contributed by atoms with van der Waals surface area (Å²) in [6.07, 6.45) is 3.29. The number of hydrogen-bond donors (Lipinski definition) is 3. The van der Waals surface area contributed by atoms with E-state index < -0.39 is 10.2 Å². The SMILES string of the molecule is CC1=C/C(=N\c2c(C)n(C)n(-c3ccccc3)c2=O)C(N)=CC1=N.[O-][Cl+3]([O-])([O-])O. The molecule has 0 aliphatic heterocycles. The van der Waals surface area contributed by atoms with Crippen LogP contribution in [0.3, 0.4) is 0 Å². The quantitative estimate of drug-likeness (QED) is 0.484. The minimum atomic E-state index is -4.69. The molecule has 11 heteroatoms. The number of halogens is 1. The lowest BCUT2D eigenvalue weighted by Crippen LogP contribution is -2.58. The first kappa shape index (κ1) is 22.3. The molecule has 10 nitrogen and oxygen atoms in total. The van der Waals surface area contributed by atoms with Crippen molar-refractivity contribution >= 4 is 17.1 Å². The second-order valence-electron chi connectivity index (χ2n) is 6.14. The molecule has 0 spiro atoms. The van der Waals surface area contributed by atoms with Gasteiger partial charge in [-0.05, 0) is 43.7 Å². The minimum Gasteiger partial charge on any atom is -0.397 e. The van der Waals surface area contributed by atoms with Gasteiger partial charge in [-0.2, -0.15) is 14.0 Å². The molecular formula is C18H20ClN5O5. The molecule has 1 aromatic heterocycles. The molecule has 0 saturated carbocycles. The van der Waals surface area contributed by atoms with Crippen molar-refractivity contribution in [2.45, 2.75) is 13.8 Å². The van der Waals surface area contributed by atoms with Crippen LogP contribution < -0.4 is 25.3 Å². The largest absolute Gasteiger partial charge is 0.397 e. The minimum absolute atomic E-state index is 0.201. The number of rotatable bonds is 2. The molecule has 0 bridgehead atoms. The molecule has 0 radical (unpaired) electrons. The molecule has 3 rings (SSSR count). The van der Waals surface area contributed by atoms with Crippen molar-refractivity contribution < 1.29 is 28.9 Å². The van der Waals surface area contributed by atoms with Crippen molar-refractivity contribution in [3.63, 3.8) is 0 Å². The first-order valence-electron chi connectivity index (χ1n) is 8.21. The highest BCUT2D eigenvalue weighted by atomic mass is 35.7. The standard InChI is InChI=1S/C18H19N5O.ClHO4/c1-11-9-16(15(20)10-14(11)19)21-17-12(2)22(3)23(18(17)24)13-7-5-4-6-8-13;2-1(3,4)5/h4-10,19H,20H2,1-3H3;(H,2,3,4,5)/b19-14?,21-16+;. The Morgan fingerprint density at radius 2 is 1.69 bits per heavy atom. The average molecular weight is 422 g/mol. The van der Waals surface area contributed by atoms with Gasteiger partial charge in [-0.3, -0.25) is 9.48 Å². The highest BCUT2D eigenvalue weighted by Gasteiger charge is 2.18. The van der Waals surface area contributed by atoms with E-state index in [1.54, 1.807) is 21.5 Å². The van der Waals surface area contributed by atoms with E-state index in [2.05, 4.69) is 4.99 Å². The van der Waals surface area contributed by atoms with Crippen LogP contribution in [0.1, 0.15) is 12.6 Å². The van der Waals surface area contributed by atoms with Crippen LogP contribution in [0.5, 0.6) is 0 Å². The van der Waals surface area contributed by atoms with E-state index in [-0.39, 0.29) is 5.56 Å². The van der Waals surface area contributed by atoms with Gasteiger partial charge < -0.3 is 11.1 Å². The Morgan fingerprint density at radius 3 is 2.24 bits per heavy atom. The normalized spacial score (nSPS) is 15.6. The van der Waals surface area contributed by atoms with E-state index in [1.807, 2.05) is 51.2 Å². The lowest BCUT2D eigenvalue weighted by atomic mass is 10.0. The van der Waals surface area contributed by atoms with Crippen molar-refractivity contribution in [1.82, 2.24) is 9.36 Å². The van der Waals surface area contributed by atoms with Crippen LogP contribution in [0.2, 0.25) is 0 Å². The predicted molar refractivity (Wildman–Crippen MR) is 98.8 cm³/mol. The molecule has 154 valence electrons. The summed E-state index contributed by atoms with van der Waals surface area (Å²) in [4.78, 5) is 17.3. The number of nitrogens with one attached hydrogen (secondary N) is 1. The molecule has 0 atom stereocenters. The monoisotopic (exact) mass is 421 g/mol. The van der Waals surface area contributed by atoms with Gasteiger partial charge in [0.15, 0.2) is 5.69 Å². The third-order valence-electron chi connectivity index (χ3n) is 4.13. The Morgan fingerprint density at radius 1 is 1.14 bits per heavy atom. The lowest BCUT2D eigenvalue weighted by Gasteiger charge is -2.10. The summed E-state index contributed by atoms with van der Waals surface area (Å²) in [6.45, 7) is 3.67. The Labute approximate surface area is 168 Å². The van der Waals surface area contributed by atoms with Gasteiger partial charge in [-0.15, -0.1) is 0 Å². The van der Waals surface area contributed by atoms with Crippen molar-refractivity contribution in [2.24, 2.45) is 17.8 Å². The van der Waals surface area contributed by atoms with Crippen LogP contribution in [0, 0.1) is 22.6 Å². The molecular weight excluding hydrogens is 402 g/mol. The molecule has 1 aromatic carbocycles. The zero-order valence-corrected chi connectivity index (χ0v) is 16.7. The summed E-state index contributed by atoms with van der Waals surface area (Å²) in [6, 6.07) is 9.42. The molecule has 1 aliphatic rings. The maximum absolute atomic E-state index is 12.8. The van der Waals surface area contributed by atoms with Crippen molar-refractivity contribution in [3.8, 4) is 5.69 Å². The number of aliphatic imine (C=N–C) groups is 1. The van der Waals surface area contributed by atoms with Gasteiger partial charge >= 0.3 is 0 Å². The fourth-order valence-electron chi connectivity index (χ4n) is 2.61. The van der Waals surface area contributed by atoms with Gasteiger partial charge in [0.05, 0.1) is 43.4 Å². The number of hydrogen-bond acceptors (Lipinski definition) is 8. The van der Waals surface area contributed by atoms with Crippen molar-refractivity contribution in [3.05, 3.63) is 69.8 Å². The second kappa shape index (κ2) is 8.55. The zero-order valence-electron chi connectivity index (χ0n) is 15.9. The molecule has 1 aliphatic carbocycles. The number of para-hydroxylation sites is 1. The van der Waals surface area contributed by atoms with E-state index >= 15 is 0 Å². The summed E-state index contributed by atoms with van der Waals surface area (Å²) in [5.74, 6) is 0. The number of benzene rings is 1. The first-order valence-corrected chi connectivity index (χ1v) is 9.47. The van der Waals surface area contributed by atoms with Gasteiger partial charge in [-0.1, -0.05) is 18.2 Å². The lowest BCUT2D eigenvalue weighted by molar-refractivity contribution is -1.92. The van der Waals surface area contributed by atoms with Gasteiger partial charge in [0.1, 0.15) is 0 Å². The molecule has 1 heterocycles. The van der Waals surface area contributed by atoms with E-state index in [4.69, 9.17) is 29.8 Å². The van der Waals surface area contributed by atoms with Gasteiger partial charge in [-0.25, -0.2) is 9.67 Å². The van der Waals surface area contributed by atoms with Crippen molar-refractivity contribution in [2.75, 3.05) is 0 Å². The van der Waals surface area contributed by atoms with Gasteiger partial charge in [0.25, 0.3) is 5.56 Å². The maximum Gasteiger partial charge on any atom is 0.297 e. The topological polar surface area (TPSA) is 179 Å². The highest BCUT2D eigenvalue weighted by molar-refractivity contribution is 6.22. The molecule has 0 amide bonds. The Balaban J connectivity index is 0.000000537. The average Bonchev–Trinajstić information content (AvgIpc) is 2.82. The Bertz CT molecular complexity index is 1070. The van der Waals surface area contributed by atoms with E-state index in [0.717, 1.165) is 17.0 Å². The molecule has 4 N–H and O–H groups in total. The fourth-order valence-corrected chi connectivity index (χ4v) is 2.61. The Hall–Kier alpha value is -3.02. The summed E-state index contributed by atoms with van der Waals surface area (Å²) in [7, 11) is -2.87. The van der Waals surface area contributed by atoms with Gasteiger partial charge in [0, 0.05) is 7.05 Å². The molecule has 29 heavy (non-hydrogen) atoms. The molecule has 2 aromatic rings. The van der Waals surface area contributed by atoms with E-state index in [1.165, 1.54) is 0 Å². The van der Waals surface area contributed by atoms with Crippen LogP contribution in [0.15, 0.2) is 63.5 Å². The molecule has 0 fully saturated rings. The number of allylic oxidation sites excluding steroid dienone is 3. The third kappa shape index (κ3) is 5.50. The summed E-state index contributed by atoms with van der Waals surface area (Å²) in [5.41, 5.74) is 9.66.